The number of benzene rings is 2. The van der Waals surface area contributed by atoms with Crippen molar-refractivity contribution in [3.63, 3.8) is 0 Å². The second-order valence-electron chi connectivity index (χ2n) is 6.15. The minimum atomic E-state index is -0.442. The van der Waals surface area contributed by atoms with Crippen LogP contribution in [0.25, 0.3) is 0 Å². The van der Waals surface area contributed by atoms with Gasteiger partial charge >= 0.3 is 5.97 Å². The lowest BCUT2D eigenvalue weighted by atomic mass is 10.1. The lowest BCUT2D eigenvalue weighted by Gasteiger charge is -2.11. The van der Waals surface area contributed by atoms with Crippen LogP contribution in [-0.2, 0) is 11.2 Å². The number of esters is 1. The molecule has 0 aliphatic rings. The number of hydrogen-bond acceptors (Lipinski definition) is 4. The molecular weight excluding hydrogens is 395 g/mol. The number of ether oxygens (including phenoxy) is 1. The Hall–Kier alpha value is -2.77. The Bertz CT molecular complexity index is 1000. The van der Waals surface area contributed by atoms with Gasteiger partial charge in [-0.05, 0) is 48.5 Å². The molecule has 3 aromatic rings. The highest BCUT2D eigenvalue weighted by molar-refractivity contribution is 7.80. The van der Waals surface area contributed by atoms with Crippen LogP contribution in [0.4, 0.5) is 15.1 Å². The van der Waals surface area contributed by atoms with Crippen LogP contribution >= 0.6 is 23.6 Å². The summed E-state index contributed by atoms with van der Waals surface area (Å²) in [7, 11) is 1.34. The van der Waals surface area contributed by atoms with Gasteiger partial charge in [0.15, 0.2) is 5.11 Å². The van der Waals surface area contributed by atoms with Crippen LogP contribution in [0.3, 0.4) is 0 Å². The summed E-state index contributed by atoms with van der Waals surface area (Å²) >= 11 is 6.75. The molecule has 0 atom stereocenters. The minimum Gasteiger partial charge on any atom is -0.465 e. The Kier molecular flexibility index (Phi) is 6.38. The third-order valence-electron chi connectivity index (χ3n) is 4.07. The molecule has 0 spiro atoms. The quantitative estimate of drug-likeness (QED) is 0.433. The van der Waals surface area contributed by atoms with Gasteiger partial charge in [-0.15, -0.1) is 11.3 Å². The third-order valence-corrected chi connectivity index (χ3v) is 5.32. The zero-order valence-electron chi connectivity index (χ0n) is 15.4. The topological polar surface area (TPSA) is 50.4 Å². The van der Waals surface area contributed by atoms with Crippen LogP contribution in [0.2, 0.25) is 0 Å². The normalized spacial score (nSPS) is 10.4. The maximum absolute atomic E-state index is 13.7. The molecule has 2 N–H and O–H groups in total. The Morgan fingerprint density at radius 3 is 2.57 bits per heavy atom. The smallest absolute Gasteiger partial charge is 0.340 e. The number of thiophene rings is 1. The fourth-order valence-corrected chi connectivity index (χ4v) is 3.98. The van der Waals surface area contributed by atoms with Gasteiger partial charge in [0.05, 0.1) is 12.7 Å². The van der Waals surface area contributed by atoms with E-state index < -0.39 is 5.97 Å². The first-order valence-electron chi connectivity index (χ1n) is 8.55. The average Bonchev–Trinajstić information content (AvgIpc) is 3.06. The van der Waals surface area contributed by atoms with Crippen LogP contribution in [0, 0.1) is 12.7 Å². The van der Waals surface area contributed by atoms with Gasteiger partial charge in [0, 0.05) is 17.0 Å². The van der Waals surface area contributed by atoms with E-state index >= 15 is 0 Å². The fourth-order valence-electron chi connectivity index (χ4n) is 2.62. The largest absolute Gasteiger partial charge is 0.465 e. The Labute approximate surface area is 172 Å². The summed E-state index contributed by atoms with van der Waals surface area (Å²) in [6.45, 7) is 1.69. The van der Waals surface area contributed by atoms with Crippen molar-refractivity contribution in [1.29, 1.82) is 0 Å². The SMILES string of the molecule is COC(=O)c1cc(Cc2ccccc2)sc1NC(=S)Nc1ccc(C)c(F)c1. The summed E-state index contributed by atoms with van der Waals surface area (Å²) in [4.78, 5) is 13.2. The molecule has 0 saturated heterocycles. The molecule has 2 aromatic carbocycles. The van der Waals surface area contributed by atoms with Gasteiger partial charge in [-0.25, -0.2) is 9.18 Å². The second-order valence-corrected chi connectivity index (χ2v) is 7.70. The van der Waals surface area contributed by atoms with E-state index in [9.17, 15) is 9.18 Å². The molecule has 1 aromatic heterocycles. The van der Waals surface area contributed by atoms with Crippen molar-refractivity contribution < 1.29 is 13.9 Å². The van der Waals surface area contributed by atoms with Gasteiger partial charge in [0.1, 0.15) is 10.8 Å². The fraction of sp³-hybridized carbons (Fsp3) is 0.143. The molecule has 0 aliphatic heterocycles. The van der Waals surface area contributed by atoms with Gasteiger partial charge in [-0.1, -0.05) is 36.4 Å². The molecular formula is C21H19FN2O2S2. The number of aryl methyl sites for hydroxylation is 1. The summed E-state index contributed by atoms with van der Waals surface area (Å²) in [5.41, 5.74) is 2.64. The summed E-state index contributed by atoms with van der Waals surface area (Å²) < 4.78 is 18.6. The van der Waals surface area contributed by atoms with Gasteiger partial charge in [-0.2, -0.15) is 0 Å². The highest BCUT2D eigenvalue weighted by Gasteiger charge is 2.18. The first kappa shape index (κ1) is 20.0. The van der Waals surface area contributed by atoms with Gasteiger partial charge in [0.2, 0.25) is 0 Å². The van der Waals surface area contributed by atoms with Crippen molar-refractivity contribution in [1.82, 2.24) is 0 Å². The number of methoxy groups -OCH3 is 1. The summed E-state index contributed by atoms with van der Waals surface area (Å²) in [5, 5.41) is 6.82. The van der Waals surface area contributed by atoms with E-state index in [4.69, 9.17) is 17.0 Å². The third kappa shape index (κ3) is 4.94. The molecule has 0 radical (unpaired) electrons. The standard InChI is InChI=1S/C21H19FN2O2S2/c1-13-8-9-15(11-18(13)22)23-21(27)24-19-17(20(25)26-2)12-16(28-19)10-14-6-4-3-5-7-14/h3-9,11-12H,10H2,1-2H3,(H2,23,24,27). The van der Waals surface area contributed by atoms with Crippen LogP contribution in [0.15, 0.2) is 54.6 Å². The van der Waals surface area contributed by atoms with E-state index in [-0.39, 0.29) is 10.9 Å². The van der Waals surface area contributed by atoms with Gasteiger partial charge < -0.3 is 15.4 Å². The van der Waals surface area contributed by atoms with E-state index in [1.165, 1.54) is 24.5 Å². The van der Waals surface area contributed by atoms with Crippen LogP contribution in [0.5, 0.6) is 0 Å². The summed E-state index contributed by atoms with van der Waals surface area (Å²) in [5.74, 6) is -0.758. The van der Waals surface area contributed by atoms with E-state index in [0.29, 0.717) is 28.2 Å². The molecule has 28 heavy (non-hydrogen) atoms. The molecule has 7 heteroatoms. The zero-order chi connectivity index (χ0) is 20.1. The second kappa shape index (κ2) is 8.95. The Morgan fingerprint density at radius 1 is 1.14 bits per heavy atom. The van der Waals surface area contributed by atoms with Crippen molar-refractivity contribution in [3.05, 3.63) is 82.0 Å². The Balaban J connectivity index is 1.78. The van der Waals surface area contributed by atoms with Crippen LogP contribution < -0.4 is 10.6 Å². The lowest BCUT2D eigenvalue weighted by Crippen LogP contribution is -2.20. The molecule has 0 aliphatic carbocycles. The number of hydrogen-bond donors (Lipinski definition) is 2. The maximum atomic E-state index is 13.7. The van der Waals surface area contributed by atoms with Crippen LogP contribution in [0.1, 0.15) is 26.4 Å². The number of carbonyl (C=O) groups excluding carboxylic acids is 1. The summed E-state index contributed by atoms with van der Waals surface area (Å²) in [6.07, 6.45) is 0.695. The first-order valence-corrected chi connectivity index (χ1v) is 9.78. The van der Waals surface area contributed by atoms with Crippen molar-refractivity contribution in [2.24, 2.45) is 0 Å². The van der Waals surface area contributed by atoms with Crippen molar-refractivity contribution in [3.8, 4) is 0 Å². The van der Waals surface area contributed by atoms with Crippen molar-refractivity contribution in [2.75, 3.05) is 17.7 Å². The highest BCUT2D eigenvalue weighted by atomic mass is 32.1. The highest BCUT2D eigenvalue weighted by Crippen LogP contribution is 2.31. The molecule has 0 unspecified atom stereocenters. The number of thiocarbonyl (C=S) groups is 1. The molecule has 3 rings (SSSR count). The monoisotopic (exact) mass is 414 g/mol. The van der Waals surface area contributed by atoms with E-state index in [0.717, 1.165) is 10.4 Å². The van der Waals surface area contributed by atoms with Gasteiger partial charge in [0.25, 0.3) is 0 Å². The lowest BCUT2D eigenvalue weighted by molar-refractivity contribution is 0.0602. The number of halogens is 1. The first-order chi connectivity index (χ1) is 13.5. The average molecular weight is 415 g/mol. The molecule has 0 bridgehead atoms. The molecule has 4 nitrogen and oxygen atoms in total. The number of nitrogens with one attached hydrogen (secondary N) is 2. The number of rotatable bonds is 5. The number of anilines is 2. The molecule has 144 valence electrons. The molecule has 0 saturated carbocycles. The van der Waals surface area contributed by atoms with E-state index in [1.54, 1.807) is 25.1 Å². The molecule has 0 amide bonds. The van der Waals surface area contributed by atoms with E-state index in [2.05, 4.69) is 10.6 Å². The predicted molar refractivity (Wildman–Crippen MR) is 116 cm³/mol. The zero-order valence-corrected chi connectivity index (χ0v) is 17.0. The van der Waals surface area contributed by atoms with Gasteiger partial charge in [-0.3, -0.25) is 0 Å². The maximum Gasteiger partial charge on any atom is 0.340 e. The summed E-state index contributed by atoms with van der Waals surface area (Å²) in [6, 6.07) is 16.6. The van der Waals surface area contributed by atoms with Crippen molar-refractivity contribution >= 4 is 45.3 Å². The molecule has 1 heterocycles. The van der Waals surface area contributed by atoms with Crippen molar-refractivity contribution in [2.45, 2.75) is 13.3 Å². The minimum absolute atomic E-state index is 0.265. The number of carbonyl (C=O) groups is 1. The Morgan fingerprint density at radius 2 is 1.89 bits per heavy atom. The van der Waals surface area contributed by atoms with E-state index in [1.807, 2.05) is 30.3 Å². The molecule has 0 fully saturated rings. The predicted octanol–water partition coefficient (Wildman–Crippen LogP) is 5.38. The van der Waals surface area contributed by atoms with Crippen LogP contribution in [-0.4, -0.2) is 18.2 Å².